The Morgan fingerprint density at radius 3 is 2.72 bits per heavy atom. The van der Waals surface area contributed by atoms with E-state index in [0.717, 1.165) is 0 Å². The highest BCUT2D eigenvalue weighted by Gasteiger charge is 2.29. The van der Waals surface area contributed by atoms with Crippen molar-refractivity contribution < 1.29 is 19.9 Å². The predicted octanol–water partition coefficient (Wildman–Crippen LogP) is -0.843. The first-order valence-corrected chi connectivity index (χ1v) is 5.14. The van der Waals surface area contributed by atoms with E-state index in [1.807, 2.05) is 0 Å². The van der Waals surface area contributed by atoms with Gasteiger partial charge in [0, 0.05) is 20.4 Å². The fraction of sp³-hybridized carbons (Fsp3) is 0.556. The number of nitro groups is 1. The predicted molar refractivity (Wildman–Crippen MR) is 59.6 cm³/mol. The van der Waals surface area contributed by atoms with Crippen molar-refractivity contribution in [3.8, 4) is 0 Å². The van der Waals surface area contributed by atoms with Crippen LogP contribution in [-0.4, -0.2) is 43.7 Å². The monoisotopic (exact) mass is 258 g/mol. The standard InChI is InChI=1S/C9H14N4O5/c1-4-11-7(9(12-4)13(17)18)8(16)6(15)3-10-5(2)14/h6,8,15-16H,3H2,1-2H3,(H,10,14)(H,11,12). The smallest absolute Gasteiger partial charge is 0.346 e. The number of hydrogen-bond acceptors (Lipinski definition) is 6. The fourth-order valence-corrected chi connectivity index (χ4v) is 1.38. The minimum absolute atomic E-state index is 0.223. The zero-order chi connectivity index (χ0) is 13.9. The van der Waals surface area contributed by atoms with Crippen molar-refractivity contribution in [2.24, 2.45) is 0 Å². The highest BCUT2D eigenvalue weighted by molar-refractivity contribution is 5.72. The lowest BCUT2D eigenvalue weighted by Crippen LogP contribution is -2.34. The largest absolute Gasteiger partial charge is 0.388 e. The third kappa shape index (κ3) is 3.25. The molecule has 0 saturated heterocycles. The third-order valence-corrected chi connectivity index (χ3v) is 2.22. The summed E-state index contributed by atoms with van der Waals surface area (Å²) in [6, 6.07) is 0. The molecule has 0 radical (unpaired) electrons. The number of carbonyl (C=O) groups excluding carboxylic acids is 1. The van der Waals surface area contributed by atoms with Crippen molar-refractivity contribution in [2.75, 3.05) is 6.54 Å². The molecule has 0 aliphatic heterocycles. The van der Waals surface area contributed by atoms with Gasteiger partial charge in [0.25, 0.3) is 0 Å². The van der Waals surface area contributed by atoms with Crippen LogP contribution < -0.4 is 5.32 Å². The van der Waals surface area contributed by atoms with Crippen LogP contribution in [0.4, 0.5) is 5.82 Å². The van der Waals surface area contributed by atoms with Crippen LogP contribution in [0.1, 0.15) is 24.5 Å². The summed E-state index contributed by atoms with van der Waals surface area (Å²) in [6.07, 6.45) is -2.93. The van der Waals surface area contributed by atoms with Crippen LogP contribution in [0.2, 0.25) is 0 Å². The average Bonchev–Trinajstić information content (AvgIpc) is 2.67. The minimum Gasteiger partial charge on any atom is -0.388 e. The van der Waals surface area contributed by atoms with Gasteiger partial charge in [-0.15, -0.1) is 0 Å². The molecule has 1 amide bonds. The number of carbonyl (C=O) groups is 1. The molecule has 0 fully saturated rings. The number of nitrogens with zero attached hydrogens (tertiary/aromatic N) is 2. The molecular weight excluding hydrogens is 244 g/mol. The maximum atomic E-state index is 10.7. The van der Waals surface area contributed by atoms with E-state index >= 15 is 0 Å². The van der Waals surface area contributed by atoms with Gasteiger partial charge in [-0.05, 0) is 4.92 Å². The number of imidazole rings is 1. The number of aryl methyl sites for hydroxylation is 1. The number of hydrogen-bond donors (Lipinski definition) is 4. The highest BCUT2D eigenvalue weighted by Crippen LogP contribution is 2.24. The molecule has 9 nitrogen and oxygen atoms in total. The Morgan fingerprint density at radius 1 is 1.61 bits per heavy atom. The van der Waals surface area contributed by atoms with E-state index in [4.69, 9.17) is 0 Å². The van der Waals surface area contributed by atoms with Crippen molar-refractivity contribution in [1.29, 1.82) is 0 Å². The van der Waals surface area contributed by atoms with Gasteiger partial charge in [-0.3, -0.25) is 4.79 Å². The van der Waals surface area contributed by atoms with E-state index in [0.29, 0.717) is 0 Å². The zero-order valence-corrected chi connectivity index (χ0v) is 9.88. The minimum atomic E-state index is -1.55. The first-order valence-electron chi connectivity index (χ1n) is 5.14. The first kappa shape index (κ1) is 14.1. The van der Waals surface area contributed by atoms with Gasteiger partial charge in [-0.2, -0.15) is 0 Å². The molecule has 0 aromatic carbocycles. The van der Waals surface area contributed by atoms with Crippen molar-refractivity contribution in [1.82, 2.24) is 15.3 Å². The first-order chi connectivity index (χ1) is 8.32. The maximum absolute atomic E-state index is 10.7. The topological polar surface area (TPSA) is 141 Å². The Bertz CT molecular complexity index is 458. The molecule has 1 aromatic rings. The number of nitrogens with one attached hydrogen (secondary N) is 2. The molecule has 1 rings (SSSR count). The number of amides is 1. The van der Waals surface area contributed by atoms with E-state index in [2.05, 4.69) is 15.3 Å². The lowest BCUT2D eigenvalue weighted by Gasteiger charge is -2.15. The Kier molecular flexibility index (Phi) is 4.34. The Hall–Kier alpha value is -2.00. The summed E-state index contributed by atoms with van der Waals surface area (Å²) < 4.78 is 0. The quantitative estimate of drug-likeness (QED) is 0.400. The van der Waals surface area contributed by atoms with E-state index in [-0.39, 0.29) is 24.0 Å². The Morgan fingerprint density at radius 2 is 2.22 bits per heavy atom. The molecule has 0 aliphatic rings. The van der Waals surface area contributed by atoms with E-state index < -0.39 is 22.9 Å². The van der Waals surface area contributed by atoms with Gasteiger partial charge < -0.3 is 25.6 Å². The van der Waals surface area contributed by atoms with Crippen molar-refractivity contribution in [3.63, 3.8) is 0 Å². The second kappa shape index (κ2) is 5.56. The lowest BCUT2D eigenvalue weighted by molar-refractivity contribution is -0.390. The van der Waals surface area contributed by atoms with Crippen molar-refractivity contribution >= 4 is 11.7 Å². The number of aliphatic hydroxyl groups is 2. The molecular formula is C9H14N4O5. The number of H-pyrrole nitrogens is 1. The normalized spacial score (nSPS) is 14.0. The summed E-state index contributed by atoms with van der Waals surface area (Å²) in [6.45, 7) is 2.52. The molecule has 0 aliphatic carbocycles. The van der Waals surface area contributed by atoms with Gasteiger partial charge in [0.15, 0.2) is 11.5 Å². The van der Waals surface area contributed by atoms with Crippen LogP contribution in [0, 0.1) is 17.0 Å². The summed E-state index contributed by atoms with van der Waals surface area (Å²) in [5.41, 5.74) is -0.254. The molecule has 9 heteroatoms. The second-order valence-corrected chi connectivity index (χ2v) is 3.76. The van der Waals surface area contributed by atoms with E-state index in [1.54, 1.807) is 0 Å². The molecule has 18 heavy (non-hydrogen) atoms. The van der Waals surface area contributed by atoms with Crippen LogP contribution in [0.5, 0.6) is 0 Å². The molecule has 0 saturated carbocycles. The molecule has 100 valence electrons. The van der Waals surface area contributed by atoms with Gasteiger partial charge in [0.05, 0.1) is 0 Å². The summed E-state index contributed by atoms with van der Waals surface area (Å²) in [5.74, 6) is -0.599. The molecule has 4 N–H and O–H groups in total. The second-order valence-electron chi connectivity index (χ2n) is 3.76. The molecule has 1 heterocycles. The summed E-state index contributed by atoms with van der Waals surface area (Å²) in [5, 5.41) is 32.3. The fourth-order valence-electron chi connectivity index (χ4n) is 1.38. The van der Waals surface area contributed by atoms with Crippen LogP contribution in [-0.2, 0) is 4.79 Å². The van der Waals surface area contributed by atoms with Gasteiger partial charge in [-0.1, -0.05) is 0 Å². The van der Waals surface area contributed by atoms with Gasteiger partial charge in [0.1, 0.15) is 12.2 Å². The summed E-state index contributed by atoms with van der Waals surface area (Å²) in [4.78, 5) is 26.8. The maximum Gasteiger partial charge on any atom is 0.346 e. The number of rotatable bonds is 5. The SMILES string of the molecule is CC(=O)NCC(O)C(O)c1nc(C)[nH]c1[N+](=O)[O-]. The van der Waals surface area contributed by atoms with Crippen LogP contribution in [0.15, 0.2) is 0 Å². The average molecular weight is 258 g/mol. The van der Waals surface area contributed by atoms with Crippen molar-refractivity contribution in [3.05, 3.63) is 21.6 Å². The van der Waals surface area contributed by atoms with E-state index in [9.17, 15) is 25.1 Å². The van der Waals surface area contributed by atoms with Gasteiger partial charge in [0.2, 0.25) is 5.91 Å². The Labute approximate surface area is 102 Å². The third-order valence-electron chi connectivity index (χ3n) is 2.22. The van der Waals surface area contributed by atoms with E-state index in [1.165, 1.54) is 13.8 Å². The number of aliphatic hydroxyl groups excluding tert-OH is 2. The van der Waals surface area contributed by atoms with Gasteiger partial charge in [-0.25, -0.2) is 9.97 Å². The zero-order valence-electron chi connectivity index (χ0n) is 9.88. The molecule has 2 unspecified atom stereocenters. The number of aromatic nitrogens is 2. The Balaban J connectivity index is 2.85. The van der Waals surface area contributed by atoms with Crippen molar-refractivity contribution in [2.45, 2.75) is 26.1 Å². The summed E-state index contributed by atoms with van der Waals surface area (Å²) in [7, 11) is 0. The highest BCUT2D eigenvalue weighted by atomic mass is 16.6. The van der Waals surface area contributed by atoms with Crippen LogP contribution >= 0.6 is 0 Å². The molecule has 0 spiro atoms. The summed E-state index contributed by atoms with van der Waals surface area (Å²) >= 11 is 0. The molecule has 1 aromatic heterocycles. The molecule has 2 atom stereocenters. The lowest BCUT2D eigenvalue weighted by atomic mass is 10.1. The number of aromatic amines is 1. The van der Waals surface area contributed by atoms with Gasteiger partial charge >= 0.3 is 5.82 Å². The van der Waals surface area contributed by atoms with Crippen LogP contribution in [0.3, 0.4) is 0 Å². The van der Waals surface area contributed by atoms with Crippen LogP contribution in [0.25, 0.3) is 0 Å². The molecule has 0 bridgehead atoms.